The summed E-state index contributed by atoms with van der Waals surface area (Å²) >= 11 is 0. The molecule has 0 rings (SSSR count). The predicted molar refractivity (Wildman–Crippen MR) is 358 cm³/mol. The minimum absolute atomic E-state index is 0.0659. The number of rotatable bonds is 70. The molecule has 0 aromatic heterocycles. The molecule has 1 unspecified atom stereocenters. The third kappa shape index (κ3) is 68.7. The van der Waals surface area contributed by atoms with Gasteiger partial charge in [-0.3, -0.25) is 14.4 Å². The molecule has 0 amide bonds. The zero-order valence-corrected chi connectivity index (χ0v) is 55.8. The molecule has 1 atom stereocenters. The highest BCUT2D eigenvalue weighted by molar-refractivity contribution is 5.71. The summed E-state index contributed by atoms with van der Waals surface area (Å²) in [5.41, 5.74) is 0. The maximum Gasteiger partial charge on any atom is 0.306 e. The van der Waals surface area contributed by atoms with Gasteiger partial charge in [-0.25, -0.2) is 0 Å². The molecule has 0 radical (unpaired) electrons. The molecule has 0 aromatic carbocycles. The van der Waals surface area contributed by atoms with E-state index < -0.39 is 6.10 Å². The molecular formula is C76H144O6. The van der Waals surface area contributed by atoms with Crippen molar-refractivity contribution < 1.29 is 28.6 Å². The molecule has 6 nitrogen and oxygen atoms in total. The van der Waals surface area contributed by atoms with Gasteiger partial charge in [-0.2, -0.15) is 0 Å². The van der Waals surface area contributed by atoms with E-state index in [1.54, 1.807) is 0 Å². The summed E-state index contributed by atoms with van der Waals surface area (Å²) in [5.74, 6) is -0.843. The Morgan fingerprint density at radius 2 is 0.439 bits per heavy atom. The van der Waals surface area contributed by atoms with E-state index in [9.17, 15) is 14.4 Å². The molecule has 0 aromatic rings. The summed E-state index contributed by atoms with van der Waals surface area (Å²) in [7, 11) is 0. The molecule has 484 valence electrons. The fraction of sp³-hybridized carbons (Fsp3) is 0.908. The number of allylic oxidation sites excluding steroid dienone is 4. The summed E-state index contributed by atoms with van der Waals surface area (Å²) in [6, 6.07) is 0. The van der Waals surface area contributed by atoms with Gasteiger partial charge >= 0.3 is 17.9 Å². The predicted octanol–water partition coefficient (Wildman–Crippen LogP) is 25.7. The van der Waals surface area contributed by atoms with Gasteiger partial charge in [-0.1, -0.05) is 379 Å². The van der Waals surface area contributed by atoms with Crippen LogP contribution in [0.15, 0.2) is 24.3 Å². The van der Waals surface area contributed by atoms with E-state index in [-0.39, 0.29) is 31.1 Å². The molecule has 6 heteroatoms. The summed E-state index contributed by atoms with van der Waals surface area (Å²) in [5, 5.41) is 0. The van der Waals surface area contributed by atoms with E-state index in [1.165, 1.54) is 321 Å². The molecule has 0 bridgehead atoms. The molecule has 0 aliphatic carbocycles. The minimum Gasteiger partial charge on any atom is -0.462 e. The Kier molecular flexibility index (Phi) is 69.5. The van der Waals surface area contributed by atoms with Crippen molar-refractivity contribution in [2.45, 2.75) is 431 Å². The molecule has 0 spiro atoms. The van der Waals surface area contributed by atoms with Crippen LogP contribution in [-0.4, -0.2) is 37.2 Å². The van der Waals surface area contributed by atoms with Gasteiger partial charge < -0.3 is 14.2 Å². The number of unbranched alkanes of at least 4 members (excludes halogenated alkanes) is 55. The molecule has 82 heavy (non-hydrogen) atoms. The lowest BCUT2D eigenvalue weighted by Crippen LogP contribution is -2.30. The second-order valence-electron chi connectivity index (χ2n) is 25.6. The molecular weight excluding hydrogens is 1010 g/mol. The van der Waals surface area contributed by atoms with Crippen LogP contribution < -0.4 is 0 Å². The van der Waals surface area contributed by atoms with Gasteiger partial charge in [0.2, 0.25) is 0 Å². The Morgan fingerprint density at radius 1 is 0.244 bits per heavy atom. The van der Waals surface area contributed by atoms with E-state index in [4.69, 9.17) is 14.2 Å². The number of ether oxygens (including phenoxy) is 3. The lowest BCUT2D eigenvalue weighted by atomic mass is 10.0. The second kappa shape index (κ2) is 71.4. The first-order chi connectivity index (χ1) is 40.5. The van der Waals surface area contributed by atoms with Crippen LogP contribution in [0.5, 0.6) is 0 Å². The van der Waals surface area contributed by atoms with E-state index in [0.29, 0.717) is 19.3 Å². The summed E-state index contributed by atoms with van der Waals surface area (Å²) in [6.07, 6.45) is 88.3. The van der Waals surface area contributed by atoms with Crippen molar-refractivity contribution >= 4 is 17.9 Å². The minimum atomic E-state index is -0.768. The van der Waals surface area contributed by atoms with Crippen molar-refractivity contribution in [2.75, 3.05) is 13.2 Å². The highest BCUT2D eigenvalue weighted by Gasteiger charge is 2.20. The monoisotopic (exact) mass is 1150 g/mol. The van der Waals surface area contributed by atoms with E-state index in [0.717, 1.165) is 64.2 Å². The van der Waals surface area contributed by atoms with Crippen LogP contribution in [0.25, 0.3) is 0 Å². The van der Waals surface area contributed by atoms with Gasteiger partial charge in [0.1, 0.15) is 13.2 Å². The van der Waals surface area contributed by atoms with Gasteiger partial charge in [0.15, 0.2) is 6.10 Å². The lowest BCUT2D eigenvalue weighted by molar-refractivity contribution is -0.167. The van der Waals surface area contributed by atoms with Gasteiger partial charge in [0.25, 0.3) is 0 Å². The zero-order chi connectivity index (χ0) is 59.2. The third-order valence-electron chi connectivity index (χ3n) is 17.2. The van der Waals surface area contributed by atoms with Crippen LogP contribution in [0.2, 0.25) is 0 Å². The van der Waals surface area contributed by atoms with Gasteiger partial charge in [-0.15, -0.1) is 0 Å². The van der Waals surface area contributed by atoms with Gasteiger partial charge in [0.05, 0.1) is 0 Å². The fourth-order valence-electron chi connectivity index (χ4n) is 11.6. The van der Waals surface area contributed by atoms with Crippen LogP contribution in [0.3, 0.4) is 0 Å². The average molecular weight is 1150 g/mol. The van der Waals surface area contributed by atoms with Gasteiger partial charge in [-0.05, 0) is 51.4 Å². The smallest absolute Gasteiger partial charge is 0.306 e. The van der Waals surface area contributed by atoms with Crippen LogP contribution >= 0.6 is 0 Å². The van der Waals surface area contributed by atoms with Crippen molar-refractivity contribution in [3.63, 3.8) is 0 Å². The standard InChI is InChI=1S/C76H144O6/c1-4-7-10-13-16-19-21-23-25-27-29-31-33-34-35-36-37-38-39-40-41-42-44-45-47-49-51-53-55-57-60-63-66-69-75(78)81-72-73(71-80-74(77)68-65-62-59-18-15-12-9-6-3)82-76(79)70-67-64-61-58-56-54-52-50-48-46-43-32-30-28-26-24-22-20-17-14-11-8-5-2/h22,24,28,30,73H,4-21,23,25-27,29,31-72H2,1-3H3/b24-22-,30-28-. The Balaban J connectivity index is 3.99. The first-order valence-corrected chi connectivity index (χ1v) is 37.3. The van der Waals surface area contributed by atoms with E-state index in [1.807, 2.05) is 0 Å². The quantitative estimate of drug-likeness (QED) is 0.0261. The summed E-state index contributed by atoms with van der Waals surface area (Å²) in [4.78, 5) is 38.3. The van der Waals surface area contributed by atoms with Crippen LogP contribution in [0, 0.1) is 0 Å². The van der Waals surface area contributed by atoms with Crippen molar-refractivity contribution in [2.24, 2.45) is 0 Å². The zero-order valence-electron chi connectivity index (χ0n) is 55.8. The van der Waals surface area contributed by atoms with Crippen molar-refractivity contribution in [3.8, 4) is 0 Å². The van der Waals surface area contributed by atoms with Crippen LogP contribution in [-0.2, 0) is 28.6 Å². The third-order valence-corrected chi connectivity index (χ3v) is 17.2. The average Bonchev–Trinajstić information content (AvgIpc) is 3.47. The number of hydrogen-bond acceptors (Lipinski definition) is 6. The van der Waals surface area contributed by atoms with Crippen molar-refractivity contribution in [3.05, 3.63) is 24.3 Å². The molecule has 0 aliphatic heterocycles. The molecule has 0 saturated heterocycles. The first-order valence-electron chi connectivity index (χ1n) is 37.3. The van der Waals surface area contributed by atoms with E-state index >= 15 is 0 Å². The molecule has 0 fully saturated rings. The van der Waals surface area contributed by atoms with Gasteiger partial charge in [0, 0.05) is 19.3 Å². The molecule has 0 heterocycles. The summed E-state index contributed by atoms with van der Waals surface area (Å²) in [6.45, 7) is 6.68. The molecule has 0 N–H and O–H groups in total. The Morgan fingerprint density at radius 3 is 0.671 bits per heavy atom. The van der Waals surface area contributed by atoms with Crippen molar-refractivity contribution in [1.82, 2.24) is 0 Å². The van der Waals surface area contributed by atoms with Crippen molar-refractivity contribution in [1.29, 1.82) is 0 Å². The number of hydrogen-bond donors (Lipinski definition) is 0. The Hall–Kier alpha value is -2.11. The van der Waals surface area contributed by atoms with Crippen LogP contribution in [0.1, 0.15) is 425 Å². The fourth-order valence-corrected chi connectivity index (χ4v) is 11.6. The first kappa shape index (κ1) is 79.9. The number of carbonyl (C=O) groups is 3. The lowest BCUT2D eigenvalue weighted by Gasteiger charge is -2.18. The van der Waals surface area contributed by atoms with Crippen LogP contribution in [0.4, 0.5) is 0 Å². The Labute approximate surface area is 513 Å². The maximum absolute atomic E-state index is 12.9. The topological polar surface area (TPSA) is 78.9 Å². The Bertz CT molecular complexity index is 1320. The SMILES string of the molecule is CCCCCCC/C=C\C/C=C\CCCCCCCCCCCCCC(=O)OC(COC(=O)CCCCCCCCCC)COC(=O)CCCCCCCCCCCCCCCCCCCCCCCCCCCCCCCCCCC. The number of carbonyl (C=O) groups excluding carboxylic acids is 3. The second-order valence-corrected chi connectivity index (χ2v) is 25.6. The largest absolute Gasteiger partial charge is 0.462 e. The maximum atomic E-state index is 12.9. The summed E-state index contributed by atoms with van der Waals surface area (Å²) < 4.78 is 16.9. The molecule has 0 aliphatic rings. The number of esters is 3. The molecule has 0 saturated carbocycles. The normalized spacial score (nSPS) is 12.1. The highest BCUT2D eigenvalue weighted by Crippen LogP contribution is 2.19. The highest BCUT2D eigenvalue weighted by atomic mass is 16.6. The van der Waals surface area contributed by atoms with E-state index in [2.05, 4.69) is 45.1 Å².